The van der Waals surface area contributed by atoms with Crippen LogP contribution in [0.25, 0.3) is 5.65 Å². The highest BCUT2D eigenvalue weighted by Crippen LogP contribution is 2.32. The second kappa shape index (κ2) is 5.65. The van der Waals surface area contributed by atoms with Crippen molar-refractivity contribution in [3.05, 3.63) is 35.8 Å². The van der Waals surface area contributed by atoms with Gasteiger partial charge in [0.25, 0.3) is 0 Å². The van der Waals surface area contributed by atoms with Crippen LogP contribution in [-0.4, -0.2) is 22.0 Å². The van der Waals surface area contributed by atoms with Gasteiger partial charge in [0, 0.05) is 6.20 Å². The van der Waals surface area contributed by atoms with Gasteiger partial charge < -0.3 is 4.74 Å². The van der Waals surface area contributed by atoms with Crippen molar-refractivity contribution in [3.8, 4) is 0 Å². The zero-order chi connectivity index (χ0) is 13.9. The molecule has 1 aliphatic rings. The molecule has 2 aromatic heterocycles. The highest BCUT2D eigenvalue weighted by molar-refractivity contribution is 5.88. The van der Waals surface area contributed by atoms with Crippen molar-refractivity contribution in [1.82, 2.24) is 9.38 Å². The molecule has 0 atom stereocenters. The quantitative estimate of drug-likeness (QED) is 0.802. The fourth-order valence-electron chi connectivity index (χ4n) is 3.04. The van der Waals surface area contributed by atoms with E-state index in [-0.39, 0.29) is 5.97 Å². The van der Waals surface area contributed by atoms with Crippen LogP contribution in [0.4, 0.5) is 0 Å². The number of nitrogens with zero attached hydrogens (tertiary/aromatic N) is 2. The molecule has 1 saturated carbocycles. The van der Waals surface area contributed by atoms with Gasteiger partial charge in [-0.1, -0.05) is 19.3 Å². The first-order valence-electron chi connectivity index (χ1n) is 7.43. The van der Waals surface area contributed by atoms with Gasteiger partial charge in [0.05, 0.1) is 12.8 Å². The molecule has 4 heteroatoms. The van der Waals surface area contributed by atoms with E-state index in [1.54, 1.807) is 6.20 Å². The topological polar surface area (TPSA) is 43.6 Å². The van der Waals surface area contributed by atoms with E-state index in [4.69, 9.17) is 4.74 Å². The summed E-state index contributed by atoms with van der Waals surface area (Å²) in [6, 6.07) is 4.23. The van der Waals surface area contributed by atoms with Gasteiger partial charge in [-0.15, -0.1) is 0 Å². The molecule has 0 radical (unpaired) electrons. The molecule has 0 spiro atoms. The molecule has 4 nitrogen and oxygen atoms in total. The van der Waals surface area contributed by atoms with Gasteiger partial charge in [-0.05, 0) is 43.4 Å². The maximum atomic E-state index is 11.8. The van der Waals surface area contributed by atoms with Gasteiger partial charge in [0.15, 0.2) is 5.69 Å². The molecule has 0 aliphatic heterocycles. The van der Waals surface area contributed by atoms with Crippen LogP contribution in [0.1, 0.15) is 61.0 Å². The van der Waals surface area contributed by atoms with E-state index in [2.05, 4.69) is 17.1 Å². The highest BCUT2D eigenvalue weighted by atomic mass is 16.5. The van der Waals surface area contributed by atoms with Crippen molar-refractivity contribution >= 4 is 11.6 Å². The molecule has 3 rings (SSSR count). The number of aromatic nitrogens is 2. The van der Waals surface area contributed by atoms with E-state index in [1.165, 1.54) is 37.7 Å². The van der Waals surface area contributed by atoms with E-state index in [1.807, 2.05) is 17.5 Å². The molecular weight excluding hydrogens is 252 g/mol. The lowest BCUT2D eigenvalue weighted by Gasteiger charge is -2.21. The van der Waals surface area contributed by atoms with Crippen molar-refractivity contribution in [2.75, 3.05) is 6.61 Å². The predicted octanol–water partition coefficient (Wildman–Crippen LogP) is 3.56. The number of esters is 1. The standard InChI is InChI=1S/C16H20N2O2/c1-2-20-16(19)14-11-17-15-10-13(8-9-18(14)15)12-6-4-3-5-7-12/h8-12H,2-7H2,1H3. The Hall–Kier alpha value is -1.84. The van der Waals surface area contributed by atoms with E-state index in [0.29, 0.717) is 18.2 Å². The number of hydrogen-bond donors (Lipinski definition) is 0. The minimum Gasteiger partial charge on any atom is -0.461 e. The van der Waals surface area contributed by atoms with Crippen molar-refractivity contribution in [2.45, 2.75) is 44.9 Å². The van der Waals surface area contributed by atoms with Crippen molar-refractivity contribution in [2.24, 2.45) is 0 Å². The van der Waals surface area contributed by atoms with Gasteiger partial charge in [-0.2, -0.15) is 0 Å². The van der Waals surface area contributed by atoms with E-state index in [9.17, 15) is 4.79 Å². The summed E-state index contributed by atoms with van der Waals surface area (Å²) in [6.07, 6.45) is 10.1. The number of imidazole rings is 1. The van der Waals surface area contributed by atoms with Gasteiger partial charge in [0.2, 0.25) is 0 Å². The molecule has 20 heavy (non-hydrogen) atoms. The van der Waals surface area contributed by atoms with E-state index >= 15 is 0 Å². The Morgan fingerprint density at radius 2 is 2.20 bits per heavy atom. The average Bonchev–Trinajstić information content (AvgIpc) is 2.91. The lowest BCUT2D eigenvalue weighted by Crippen LogP contribution is -2.08. The largest absolute Gasteiger partial charge is 0.461 e. The third kappa shape index (κ3) is 2.42. The van der Waals surface area contributed by atoms with Crippen LogP contribution < -0.4 is 0 Å². The highest BCUT2D eigenvalue weighted by Gasteiger charge is 2.18. The number of carbonyl (C=O) groups excluding carboxylic acids is 1. The SMILES string of the molecule is CCOC(=O)c1cnc2cc(C3CCCCC3)ccn12. The molecular formula is C16H20N2O2. The molecule has 1 fully saturated rings. The molecule has 0 aromatic carbocycles. The van der Waals surface area contributed by atoms with Gasteiger partial charge in [-0.25, -0.2) is 9.78 Å². The second-order valence-corrected chi connectivity index (χ2v) is 5.39. The van der Waals surface area contributed by atoms with Crippen LogP contribution in [0.3, 0.4) is 0 Å². The molecule has 1 aliphatic carbocycles. The first-order chi connectivity index (χ1) is 9.79. The summed E-state index contributed by atoms with van der Waals surface area (Å²) >= 11 is 0. The Morgan fingerprint density at radius 3 is 2.95 bits per heavy atom. The number of carbonyl (C=O) groups is 1. The Morgan fingerprint density at radius 1 is 1.40 bits per heavy atom. The molecule has 2 heterocycles. The van der Waals surface area contributed by atoms with Crippen molar-refractivity contribution < 1.29 is 9.53 Å². The van der Waals surface area contributed by atoms with E-state index < -0.39 is 0 Å². The molecule has 106 valence electrons. The predicted molar refractivity (Wildman–Crippen MR) is 77.0 cm³/mol. The summed E-state index contributed by atoms with van der Waals surface area (Å²) < 4.78 is 6.85. The van der Waals surface area contributed by atoms with E-state index in [0.717, 1.165) is 5.65 Å². The van der Waals surface area contributed by atoms with Crippen LogP contribution in [0.5, 0.6) is 0 Å². The van der Waals surface area contributed by atoms with Crippen LogP contribution in [0.15, 0.2) is 24.5 Å². The monoisotopic (exact) mass is 272 g/mol. The molecule has 0 N–H and O–H groups in total. The lowest BCUT2D eigenvalue weighted by molar-refractivity contribution is 0.0518. The van der Waals surface area contributed by atoms with Gasteiger partial charge >= 0.3 is 5.97 Å². The number of hydrogen-bond acceptors (Lipinski definition) is 3. The zero-order valence-electron chi connectivity index (χ0n) is 11.8. The normalized spacial score (nSPS) is 16.4. The number of ether oxygens (including phenoxy) is 1. The first-order valence-corrected chi connectivity index (χ1v) is 7.43. The molecule has 0 saturated heterocycles. The van der Waals surface area contributed by atoms with Crippen molar-refractivity contribution in [1.29, 1.82) is 0 Å². The van der Waals surface area contributed by atoms with Gasteiger partial charge in [0.1, 0.15) is 5.65 Å². The van der Waals surface area contributed by atoms with Gasteiger partial charge in [-0.3, -0.25) is 4.40 Å². The fourth-order valence-corrected chi connectivity index (χ4v) is 3.04. The van der Waals surface area contributed by atoms with Crippen LogP contribution in [0.2, 0.25) is 0 Å². The Kier molecular flexibility index (Phi) is 3.72. The maximum Gasteiger partial charge on any atom is 0.356 e. The fraction of sp³-hybridized carbons (Fsp3) is 0.500. The van der Waals surface area contributed by atoms with Crippen LogP contribution in [0, 0.1) is 0 Å². The summed E-state index contributed by atoms with van der Waals surface area (Å²) in [7, 11) is 0. The number of fused-ring (bicyclic) bond motifs is 1. The minimum absolute atomic E-state index is 0.314. The molecule has 2 aromatic rings. The maximum absolute atomic E-state index is 11.8. The number of pyridine rings is 1. The number of rotatable bonds is 3. The first kappa shape index (κ1) is 13.2. The molecule has 0 unspecified atom stereocenters. The second-order valence-electron chi connectivity index (χ2n) is 5.39. The Balaban J connectivity index is 1.91. The summed E-state index contributed by atoms with van der Waals surface area (Å²) in [5.41, 5.74) is 2.67. The third-order valence-corrected chi connectivity index (χ3v) is 4.10. The minimum atomic E-state index is -0.314. The Labute approximate surface area is 118 Å². The van der Waals surface area contributed by atoms with Crippen LogP contribution in [-0.2, 0) is 4.74 Å². The van der Waals surface area contributed by atoms with Crippen molar-refractivity contribution in [3.63, 3.8) is 0 Å². The average molecular weight is 272 g/mol. The smallest absolute Gasteiger partial charge is 0.356 e. The zero-order valence-corrected chi connectivity index (χ0v) is 11.8. The summed E-state index contributed by atoms with van der Waals surface area (Å²) in [5.74, 6) is 0.335. The summed E-state index contributed by atoms with van der Waals surface area (Å²) in [4.78, 5) is 16.2. The summed E-state index contributed by atoms with van der Waals surface area (Å²) in [5, 5.41) is 0. The Bertz CT molecular complexity index is 612. The summed E-state index contributed by atoms with van der Waals surface area (Å²) in [6.45, 7) is 2.19. The molecule has 0 bridgehead atoms. The third-order valence-electron chi connectivity index (χ3n) is 4.10. The lowest BCUT2D eigenvalue weighted by atomic mass is 9.84. The van der Waals surface area contributed by atoms with Crippen LogP contribution >= 0.6 is 0 Å². The molecule has 0 amide bonds.